The van der Waals surface area contributed by atoms with E-state index in [4.69, 9.17) is 16.3 Å². The number of benzene rings is 3. The van der Waals surface area contributed by atoms with Crippen molar-refractivity contribution >= 4 is 37.2 Å². The van der Waals surface area contributed by atoms with Crippen molar-refractivity contribution in [2.75, 3.05) is 12.9 Å². The number of sulfonamides is 1. The number of Topliss-reactive ketones (excluding diaryl/α,β-unsaturated/α-hetero) is 1. The summed E-state index contributed by atoms with van der Waals surface area (Å²) in [6, 6.07) is 23.2. The first-order valence-electron chi connectivity index (χ1n) is 11.7. The third-order valence-electron chi connectivity index (χ3n) is 5.89. The highest BCUT2D eigenvalue weighted by Gasteiger charge is 2.26. The molecule has 202 valence electrons. The number of ether oxygens (including phenoxy) is 1. The number of carbonyl (C=O) groups excluding carboxylic acids is 1. The van der Waals surface area contributed by atoms with E-state index < -0.39 is 31.4 Å². The minimum atomic E-state index is -3.92. The highest BCUT2D eigenvalue weighted by Crippen LogP contribution is 2.23. The first kappa shape index (κ1) is 28.4. The Hall–Kier alpha value is -3.57. The Kier molecular flexibility index (Phi) is 8.81. The lowest BCUT2D eigenvalue weighted by Crippen LogP contribution is -2.30. The van der Waals surface area contributed by atoms with Crippen LogP contribution in [0.15, 0.2) is 107 Å². The number of nitrogens with zero attached hydrogens (tertiary/aromatic N) is 2. The first-order chi connectivity index (χ1) is 18.6. The van der Waals surface area contributed by atoms with Crippen molar-refractivity contribution in [3.8, 4) is 5.75 Å². The molecular weight excluding hydrogens is 560 g/mol. The summed E-state index contributed by atoms with van der Waals surface area (Å²) in [7, 11) is -6.31. The molecule has 0 unspecified atom stereocenters. The van der Waals surface area contributed by atoms with Crippen molar-refractivity contribution < 1.29 is 26.4 Å². The maximum absolute atomic E-state index is 13.5. The zero-order chi connectivity index (χ0) is 28.0. The van der Waals surface area contributed by atoms with Crippen LogP contribution in [0.4, 0.5) is 0 Å². The molecule has 0 atom stereocenters. The van der Waals surface area contributed by atoms with Crippen molar-refractivity contribution in [3.05, 3.63) is 119 Å². The fraction of sp³-hybridized carbons (Fsp3) is 0.143. The van der Waals surface area contributed by atoms with E-state index in [1.807, 2.05) is 0 Å². The fourth-order valence-corrected chi connectivity index (χ4v) is 6.53. The van der Waals surface area contributed by atoms with E-state index >= 15 is 0 Å². The average molecular weight is 585 g/mol. The molecule has 0 amide bonds. The van der Waals surface area contributed by atoms with Gasteiger partial charge in [0.15, 0.2) is 15.6 Å². The molecule has 0 saturated carbocycles. The van der Waals surface area contributed by atoms with Crippen LogP contribution in [0.5, 0.6) is 5.75 Å². The third-order valence-corrected chi connectivity index (χ3v) is 9.58. The van der Waals surface area contributed by atoms with Crippen molar-refractivity contribution in [1.29, 1.82) is 0 Å². The number of carbonyl (C=O) groups is 1. The van der Waals surface area contributed by atoms with Crippen LogP contribution in [0.2, 0.25) is 5.02 Å². The minimum Gasteiger partial charge on any atom is -0.497 e. The molecule has 0 saturated heterocycles. The van der Waals surface area contributed by atoms with Crippen molar-refractivity contribution in [2.24, 2.45) is 0 Å². The molecule has 0 aliphatic heterocycles. The average Bonchev–Trinajstić information content (AvgIpc) is 2.93. The van der Waals surface area contributed by atoms with E-state index in [9.17, 15) is 21.6 Å². The van der Waals surface area contributed by atoms with Gasteiger partial charge in [-0.05, 0) is 66.2 Å². The lowest BCUT2D eigenvalue weighted by atomic mass is 10.1. The van der Waals surface area contributed by atoms with Gasteiger partial charge in [-0.3, -0.25) is 9.78 Å². The molecular formula is C28H25ClN2O6S2. The summed E-state index contributed by atoms with van der Waals surface area (Å²) < 4.78 is 58.7. The molecule has 0 bridgehead atoms. The molecule has 1 heterocycles. The van der Waals surface area contributed by atoms with Crippen LogP contribution in [0.25, 0.3) is 0 Å². The largest absolute Gasteiger partial charge is 0.497 e. The SMILES string of the molecule is COc1ccc(S(=O)(=O)CC(=O)c2ccc(CN(Cc3ccccn3)S(=O)(=O)c3ccc(Cl)cc3)cc2)cc1. The zero-order valence-electron chi connectivity index (χ0n) is 20.9. The summed E-state index contributed by atoms with van der Waals surface area (Å²) in [6.07, 6.45) is 1.59. The van der Waals surface area contributed by atoms with E-state index in [1.54, 1.807) is 36.5 Å². The van der Waals surface area contributed by atoms with Gasteiger partial charge in [-0.15, -0.1) is 0 Å². The highest BCUT2D eigenvalue weighted by atomic mass is 35.5. The Labute approximate surface area is 232 Å². The number of aromatic nitrogens is 1. The summed E-state index contributed by atoms with van der Waals surface area (Å²) in [4.78, 5) is 17.1. The molecule has 0 N–H and O–H groups in total. The van der Waals surface area contributed by atoms with E-state index in [0.29, 0.717) is 22.0 Å². The monoisotopic (exact) mass is 584 g/mol. The van der Waals surface area contributed by atoms with Gasteiger partial charge in [0.1, 0.15) is 11.5 Å². The molecule has 0 aliphatic rings. The van der Waals surface area contributed by atoms with Gasteiger partial charge in [0, 0.05) is 23.3 Å². The van der Waals surface area contributed by atoms with Gasteiger partial charge < -0.3 is 4.74 Å². The van der Waals surface area contributed by atoms with Crippen LogP contribution in [-0.4, -0.2) is 44.8 Å². The van der Waals surface area contributed by atoms with Gasteiger partial charge in [0.05, 0.1) is 29.1 Å². The molecule has 4 aromatic rings. The van der Waals surface area contributed by atoms with Crippen molar-refractivity contribution in [2.45, 2.75) is 22.9 Å². The second-order valence-electron chi connectivity index (χ2n) is 8.60. The molecule has 8 nitrogen and oxygen atoms in total. The summed E-state index contributed by atoms with van der Waals surface area (Å²) >= 11 is 5.94. The molecule has 0 spiro atoms. The number of hydrogen-bond donors (Lipinski definition) is 0. The van der Waals surface area contributed by atoms with E-state index in [0.717, 1.165) is 0 Å². The lowest BCUT2D eigenvalue weighted by molar-refractivity contribution is 0.102. The van der Waals surface area contributed by atoms with E-state index in [2.05, 4.69) is 4.98 Å². The summed E-state index contributed by atoms with van der Waals surface area (Å²) in [5, 5.41) is 0.416. The van der Waals surface area contributed by atoms with E-state index in [1.165, 1.54) is 72.1 Å². The molecule has 39 heavy (non-hydrogen) atoms. The van der Waals surface area contributed by atoms with Crippen LogP contribution < -0.4 is 4.74 Å². The molecule has 3 aromatic carbocycles. The van der Waals surface area contributed by atoms with Crippen LogP contribution in [0.3, 0.4) is 0 Å². The minimum absolute atomic E-state index is 0.000150. The first-order valence-corrected chi connectivity index (χ1v) is 15.2. The van der Waals surface area contributed by atoms with Crippen molar-refractivity contribution in [1.82, 2.24) is 9.29 Å². The number of hydrogen-bond acceptors (Lipinski definition) is 7. The normalized spacial score (nSPS) is 11.9. The summed E-state index contributed by atoms with van der Waals surface area (Å²) in [5.74, 6) is -0.766. The van der Waals surface area contributed by atoms with Crippen LogP contribution in [0, 0.1) is 0 Å². The number of rotatable bonds is 11. The van der Waals surface area contributed by atoms with Crippen molar-refractivity contribution in [3.63, 3.8) is 0 Å². The zero-order valence-corrected chi connectivity index (χ0v) is 23.3. The van der Waals surface area contributed by atoms with Crippen LogP contribution in [-0.2, 0) is 33.0 Å². The predicted octanol–water partition coefficient (Wildman–Crippen LogP) is 4.79. The van der Waals surface area contributed by atoms with Gasteiger partial charge >= 0.3 is 0 Å². The van der Waals surface area contributed by atoms with Gasteiger partial charge in [-0.25, -0.2) is 16.8 Å². The third kappa shape index (κ3) is 7.10. The van der Waals surface area contributed by atoms with Crippen LogP contribution in [0.1, 0.15) is 21.6 Å². The topological polar surface area (TPSA) is 111 Å². The molecule has 11 heteroatoms. The Bertz CT molecular complexity index is 1640. The molecule has 4 rings (SSSR count). The molecule has 0 radical (unpaired) electrons. The standard InChI is InChI=1S/C28H25ClN2O6S2/c1-37-25-11-15-26(16-12-25)38(33,34)20-28(32)22-7-5-21(6-8-22)18-31(19-24-4-2-3-17-30-24)39(35,36)27-13-9-23(29)10-14-27/h2-17H,18-20H2,1H3. The lowest BCUT2D eigenvalue weighted by Gasteiger charge is -2.22. The number of sulfone groups is 1. The number of pyridine rings is 1. The predicted molar refractivity (Wildman–Crippen MR) is 148 cm³/mol. The Morgan fingerprint density at radius 3 is 2.05 bits per heavy atom. The molecule has 0 aliphatic carbocycles. The molecule has 1 aromatic heterocycles. The quantitative estimate of drug-likeness (QED) is 0.233. The van der Waals surface area contributed by atoms with Gasteiger partial charge in [0.2, 0.25) is 10.0 Å². The second kappa shape index (κ2) is 12.1. The number of halogens is 1. The fourth-order valence-electron chi connectivity index (χ4n) is 3.78. The molecule has 0 fully saturated rings. The second-order valence-corrected chi connectivity index (χ2v) is 13.0. The Morgan fingerprint density at radius 2 is 1.46 bits per heavy atom. The summed E-state index contributed by atoms with van der Waals surface area (Å²) in [5.41, 5.74) is 1.37. The Morgan fingerprint density at radius 1 is 0.821 bits per heavy atom. The van der Waals surface area contributed by atoms with Gasteiger partial charge in [-0.2, -0.15) is 4.31 Å². The number of methoxy groups -OCH3 is 1. The Balaban J connectivity index is 1.53. The number of ketones is 1. The van der Waals surface area contributed by atoms with Gasteiger partial charge in [0.25, 0.3) is 0 Å². The summed E-state index contributed by atoms with van der Waals surface area (Å²) in [6.45, 7) is 0.0206. The maximum Gasteiger partial charge on any atom is 0.243 e. The maximum atomic E-state index is 13.5. The van der Waals surface area contributed by atoms with E-state index in [-0.39, 0.29) is 28.4 Å². The smallest absolute Gasteiger partial charge is 0.243 e. The van der Waals surface area contributed by atoms with Crippen LogP contribution >= 0.6 is 11.6 Å². The highest BCUT2D eigenvalue weighted by molar-refractivity contribution is 7.92. The van der Waals surface area contributed by atoms with Gasteiger partial charge in [-0.1, -0.05) is 41.9 Å².